The lowest BCUT2D eigenvalue weighted by Crippen LogP contribution is -2.23. The summed E-state index contributed by atoms with van der Waals surface area (Å²) >= 11 is 0. The normalized spacial score (nSPS) is 12.2. The molecule has 0 saturated carbocycles. The van der Waals surface area contributed by atoms with Gasteiger partial charge in [0.1, 0.15) is 12.7 Å². The number of rotatable bonds is 7. The summed E-state index contributed by atoms with van der Waals surface area (Å²) in [5.41, 5.74) is 0. The first-order valence-electron chi connectivity index (χ1n) is 6.33. The van der Waals surface area contributed by atoms with Crippen molar-refractivity contribution in [1.82, 2.24) is 29.7 Å². The Hall–Kier alpha value is -2.29. The van der Waals surface area contributed by atoms with Crippen LogP contribution in [0, 0.1) is 0 Å². The zero-order chi connectivity index (χ0) is 14.4. The van der Waals surface area contributed by atoms with Gasteiger partial charge in [0, 0.05) is 19.7 Å². The van der Waals surface area contributed by atoms with Gasteiger partial charge in [0.2, 0.25) is 11.9 Å². The molecule has 0 aliphatic heterocycles. The van der Waals surface area contributed by atoms with Crippen molar-refractivity contribution >= 4 is 11.9 Å². The van der Waals surface area contributed by atoms with Gasteiger partial charge in [0.25, 0.3) is 5.95 Å². The monoisotopic (exact) mass is 278 g/mol. The van der Waals surface area contributed by atoms with Crippen molar-refractivity contribution in [2.45, 2.75) is 19.9 Å². The summed E-state index contributed by atoms with van der Waals surface area (Å²) in [6.45, 7) is 5.23. The molecule has 0 spiro atoms. The maximum absolute atomic E-state index is 5.08. The summed E-state index contributed by atoms with van der Waals surface area (Å²) in [5, 5.41) is 10.2. The van der Waals surface area contributed by atoms with Crippen LogP contribution in [-0.4, -0.2) is 56.0 Å². The van der Waals surface area contributed by atoms with Gasteiger partial charge in [-0.05, 0) is 13.8 Å². The van der Waals surface area contributed by atoms with Crippen LogP contribution in [-0.2, 0) is 4.74 Å². The smallest absolute Gasteiger partial charge is 0.258 e. The van der Waals surface area contributed by atoms with Crippen molar-refractivity contribution in [3.05, 3.63) is 12.7 Å². The second-order valence-corrected chi connectivity index (χ2v) is 4.15. The molecular weight excluding hydrogens is 260 g/mol. The zero-order valence-electron chi connectivity index (χ0n) is 11.7. The van der Waals surface area contributed by atoms with Crippen molar-refractivity contribution < 1.29 is 4.74 Å². The van der Waals surface area contributed by atoms with Crippen LogP contribution in [0.1, 0.15) is 13.8 Å². The van der Waals surface area contributed by atoms with Gasteiger partial charge in [0.15, 0.2) is 0 Å². The summed E-state index contributed by atoms with van der Waals surface area (Å²) in [4.78, 5) is 16.8. The highest BCUT2D eigenvalue weighted by molar-refractivity contribution is 5.38. The van der Waals surface area contributed by atoms with Gasteiger partial charge in [-0.2, -0.15) is 24.7 Å². The van der Waals surface area contributed by atoms with E-state index < -0.39 is 0 Å². The van der Waals surface area contributed by atoms with Crippen molar-refractivity contribution in [1.29, 1.82) is 0 Å². The maximum Gasteiger partial charge on any atom is 0.258 e. The lowest BCUT2D eigenvalue weighted by Gasteiger charge is -2.14. The van der Waals surface area contributed by atoms with Crippen molar-refractivity contribution in [3.8, 4) is 5.95 Å². The third kappa shape index (κ3) is 3.60. The average molecular weight is 278 g/mol. The largest absolute Gasteiger partial charge is 0.383 e. The topological polar surface area (TPSA) is 103 Å². The molecule has 108 valence electrons. The summed E-state index contributed by atoms with van der Waals surface area (Å²) in [5.74, 6) is 1.35. The van der Waals surface area contributed by atoms with Crippen LogP contribution in [0.3, 0.4) is 0 Å². The third-order valence-corrected chi connectivity index (χ3v) is 2.37. The number of hydrogen-bond acceptors (Lipinski definition) is 8. The zero-order valence-corrected chi connectivity index (χ0v) is 11.7. The molecule has 0 aliphatic carbocycles. The van der Waals surface area contributed by atoms with Crippen LogP contribution < -0.4 is 10.6 Å². The molecule has 0 amide bonds. The van der Waals surface area contributed by atoms with Crippen LogP contribution >= 0.6 is 0 Å². The molecule has 0 aromatic carbocycles. The van der Waals surface area contributed by atoms with E-state index in [1.54, 1.807) is 7.11 Å². The third-order valence-electron chi connectivity index (χ3n) is 2.37. The summed E-state index contributed by atoms with van der Waals surface area (Å²) in [6.07, 6.45) is 2.96. The number of ether oxygens (including phenoxy) is 1. The molecule has 0 bridgehead atoms. The fourth-order valence-electron chi connectivity index (χ4n) is 1.59. The van der Waals surface area contributed by atoms with Gasteiger partial charge >= 0.3 is 0 Å². The Morgan fingerprint density at radius 2 is 2.10 bits per heavy atom. The molecule has 2 aromatic rings. The van der Waals surface area contributed by atoms with Crippen LogP contribution in [0.25, 0.3) is 5.95 Å². The molecule has 2 rings (SSSR count). The minimum atomic E-state index is 0.0838. The molecule has 2 aromatic heterocycles. The molecule has 9 nitrogen and oxygen atoms in total. The van der Waals surface area contributed by atoms with E-state index in [1.165, 1.54) is 17.3 Å². The van der Waals surface area contributed by atoms with Crippen molar-refractivity contribution in [2.75, 3.05) is 30.9 Å². The Labute approximate surface area is 116 Å². The van der Waals surface area contributed by atoms with Crippen LogP contribution in [0.2, 0.25) is 0 Å². The highest BCUT2D eigenvalue weighted by Crippen LogP contribution is 2.09. The molecule has 9 heteroatoms. The highest BCUT2D eigenvalue weighted by atomic mass is 16.5. The number of hydrogen-bond donors (Lipinski definition) is 2. The first-order valence-corrected chi connectivity index (χ1v) is 6.33. The minimum absolute atomic E-state index is 0.0838. The van der Waals surface area contributed by atoms with E-state index in [1.807, 2.05) is 13.8 Å². The van der Waals surface area contributed by atoms with Crippen molar-refractivity contribution in [3.63, 3.8) is 0 Å². The average Bonchev–Trinajstić information content (AvgIpc) is 2.93. The van der Waals surface area contributed by atoms with E-state index in [2.05, 4.69) is 35.7 Å². The Morgan fingerprint density at radius 3 is 2.75 bits per heavy atom. The fraction of sp³-hybridized carbons (Fsp3) is 0.545. The maximum atomic E-state index is 5.08. The molecule has 20 heavy (non-hydrogen) atoms. The molecule has 2 N–H and O–H groups in total. The summed E-state index contributed by atoms with van der Waals surface area (Å²) < 4.78 is 6.56. The van der Waals surface area contributed by atoms with Crippen LogP contribution in [0.4, 0.5) is 11.9 Å². The SMILES string of the molecule is CCNc1nc(NC(C)COC)nc(-n2cncn2)n1. The predicted octanol–water partition coefficient (Wildman–Crippen LogP) is 0.331. The quantitative estimate of drug-likeness (QED) is 0.747. The first kappa shape index (κ1) is 14.1. The standard InChI is InChI=1S/C11H18N8O/c1-4-13-9-16-10(15-8(2)5-20-3)18-11(17-9)19-7-12-6-14-19/h6-8H,4-5H2,1-3H3,(H2,13,15,16,17,18). The molecule has 0 radical (unpaired) electrons. The molecule has 0 fully saturated rings. The van der Waals surface area contributed by atoms with E-state index in [4.69, 9.17) is 4.74 Å². The molecule has 1 atom stereocenters. The van der Waals surface area contributed by atoms with Crippen LogP contribution in [0.5, 0.6) is 0 Å². The Kier molecular flexibility index (Phi) is 4.77. The Balaban J connectivity index is 2.26. The fourth-order valence-corrected chi connectivity index (χ4v) is 1.59. The number of anilines is 2. The predicted molar refractivity (Wildman–Crippen MR) is 73.9 cm³/mol. The first-order chi connectivity index (χ1) is 9.72. The van der Waals surface area contributed by atoms with Gasteiger partial charge in [-0.3, -0.25) is 0 Å². The van der Waals surface area contributed by atoms with E-state index in [0.29, 0.717) is 31.0 Å². The van der Waals surface area contributed by atoms with Crippen LogP contribution in [0.15, 0.2) is 12.7 Å². The Morgan fingerprint density at radius 1 is 1.30 bits per heavy atom. The van der Waals surface area contributed by atoms with E-state index >= 15 is 0 Å². The Bertz CT molecular complexity index is 529. The molecule has 2 heterocycles. The van der Waals surface area contributed by atoms with Gasteiger partial charge in [-0.1, -0.05) is 0 Å². The molecular formula is C11H18N8O. The van der Waals surface area contributed by atoms with Gasteiger partial charge in [0.05, 0.1) is 6.61 Å². The van der Waals surface area contributed by atoms with E-state index in [9.17, 15) is 0 Å². The molecule has 0 aliphatic rings. The second kappa shape index (κ2) is 6.75. The van der Waals surface area contributed by atoms with Crippen molar-refractivity contribution in [2.24, 2.45) is 0 Å². The lowest BCUT2D eigenvalue weighted by atomic mass is 10.4. The second-order valence-electron chi connectivity index (χ2n) is 4.15. The summed E-state index contributed by atoms with van der Waals surface area (Å²) in [7, 11) is 1.65. The number of methoxy groups -OCH3 is 1. The van der Waals surface area contributed by atoms with Gasteiger partial charge < -0.3 is 15.4 Å². The minimum Gasteiger partial charge on any atom is -0.383 e. The number of nitrogens with one attached hydrogen (secondary N) is 2. The number of nitrogens with zero attached hydrogens (tertiary/aromatic N) is 6. The van der Waals surface area contributed by atoms with Gasteiger partial charge in [-0.15, -0.1) is 0 Å². The lowest BCUT2D eigenvalue weighted by molar-refractivity contribution is 0.190. The molecule has 1 unspecified atom stereocenters. The summed E-state index contributed by atoms with van der Waals surface area (Å²) in [6, 6.07) is 0.0838. The van der Waals surface area contributed by atoms with Gasteiger partial charge in [-0.25, -0.2) is 4.98 Å². The highest BCUT2D eigenvalue weighted by Gasteiger charge is 2.10. The van der Waals surface area contributed by atoms with E-state index in [0.717, 1.165) is 0 Å². The van der Waals surface area contributed by atoms with E-state index in [-0.39, 0.29) is 6.04 Å². The number of aromatic nitrogens is 6. The molecule has 0 saturated heterocycles.